The summed E-state index contributed by atoms with van der Waals surface area (Å²) in [4.78, 5) is 13.9. The van der Waals surface area contributed by atoms with Crippen LogP contribution in [0, 0.1) is 5.82 Å². The Hall–Kier alpha value is -1.27. The van der Waals surface area contributed by atoms with Crippen LogP contribution in [-0.4, -0.2) is 55.1 Å². The summed E-state index contributed by atoms with van der Waals surface area (Å²) in [6, 6.07) is 6.26. The Labute approximate surface area is 135 Å². The number of carbonyl (C=O) groups is 1. The highest BCUT2D eigenvalue weighted by atomic mass is 32.2. The molecule has 1 aliphatic heterocycles. The van der Waals surface area contributed by atoms with Gasteiger partial charge < -0.3 is 15.0 Å². The number of amides is 1. The minimum atomic E-state index is -0.271. The van der Waals surface area contributed by atoms with Crippen molar-refractivity contribution in [1.82, 2.24) is 10.2 Å². The van der Waals surface area contributed by atoms with E-state index in [1.165, 1.54) is 12.1 Å². The zero-order chi connectivity index (χ0) is 15.8. The van der Waals surface area contributed by atoms with Crippen LogP contribution in [0.15, 0.2) is 24.3 Å². The summed E-state index contributed by atoms with van der Waals surface area (Å²) in [6.45, 7) is 2.17. The lowest BCUT2D eigenvalue weighted by Crippen LogP contribution is -2.42. The monoisotopic (exact) mass is 326 g/mol. The Morgan fingerprint density at radius 2 is 2.23 bits per heavy atom. The molecule has 1 aliphatic rings. The highest BCUT2D eigenvalue weighted by molar-refractivity contribution is 7.99. The number of hydrogen-bond acceptors (Lipinski definition) is 4. The second kappa shape index (κ2) is 9.00. The van der Waals surface area contributed by atoms with Crippen molar-refractivity contribution in [3.8, 4) is 5.75 Å². The van der Waals surface area contributed by atoms with Gasteiger partial charge in [-0.05, 0) is 30.7 Å². The number of carbonyl (C=O) groups excluding carboxylic acids is 1. The molecule has 1 atom stereocenters. The zero-order valence-corrected chi connectivity index (χ0v) is 13.7. The number of nitrogens with zero attached hydrogens (tertiary/aromatic N) is 1. The Kier molecular flexibility index (Phi) is 6.99. The summed E-state index contributed by atoms with van der Waals surface area (Å²) in [6.07, 6.45) is 1.31. The van der Waals surface area contributed by atoms with Crippen LogP contribution in [0.25, 0.3) is 0 Å². The average Bonchev–Trinajstić information content (AvgIpc) is 2.54. The summed E-state index contributed by atoms with van der Waals surface area (Å²) in [7, 11) is 1.83. The second-order valence-electron chi connectivity index (χ2n) is 5.40. The van der Waals surface area contributed by atoms with Crippen LogP contribution < -0.4 is 10.1 Å². The Morgan fingerprint density at radius 3 is 2.91 bits per heavy atom. The third-order valence-electron chi connectivity index (χ3n) is 3.57. The van der Waals surface area contributed by atoms with Gasteiger partial charge in [0, 0.05) is 44.1 Å². The first kappa shape index (κ1) is 17.1. The van der Waals surface area contributed by atoms with Gasteiger partial charge in [-0.2, -0.15) is 11.8 Å². The molecule has 0 radical (unpaired) electrons. The van der Waals surface area contributed by atoms with E-state index >= 15 is 0 Å². The van der Waals surface area contributed by atoms with E-state index in [1.807, 2.05) is 18.8 Å². The molecule has 22 heavy (non-hydrogen) atoms. The maximum Gasteiger partial charge on any atom is 0.223 e. The highest BCUT2D eigenvalue weighted by Crippen LogP contribution is 2.12. The van der Waals surface area contributed by atoms with Crippen molar-refractivity contribution in [2.45, 2.75) is 18.9 Å². The maximum absolute atomic E-state index is 12.8. The van der Waals surface area contributed by atoms with Crippen molar-refractivity contribution in [3.05, 3.63) is 30.1 Å². The third-order valence-corrected chi connectivity index (χ3v) is 4.70. The van der Waals surface area contributed by atoms with E-state index in [-0.39, 0.29) is 11.7 Å². The summed E-state index contributed by atoms with van der Waals surface area (Å²) < 4.78 is 18.3. The number of thioether (sulfide) groups is 1. The number of nitrogens with one attached hydrogen (secondary N) is 1. The molecule has 1 amide bonds. The second-order valence-corrected chi connectivity index (χ2v) is 6.55. The van der Waals surface area contributed by atoms with Crippen LogP contribution in [0.2, 0.25) is 0 Å². The van der Waals surface area contributed by atoms with Crippen molar-refractivity contribution < 1.29 is 13.9 Å². The molecule has 1 heterocycles. The number of ether oxygens (including phenoxy) is 1. The van der Waals surface area contributed by atoms with Gasteiger partial charge in [-0.15, -0.1) is 0 Å². The van der Waals surface area contributed by atoms with E-state index in [2.05, 4.69) is 5.32 Å². The van der Waals surface area contributed by atoms with Crippen molar-refractivity contribution in [1.29, 1.82) is 0 Å². The normalized spacial score (nSPS) is 18.0. The maximum atomic E-state index is 12.8. The Morgan fingerprint density at radius 1 is 1.45 bits per heavy atom. The molecule has 0 saturated carbocycles. The molecule has 1 saturated heterocycles. The smallest absolute Gasteiger partial charge is 0.223 e. The van der Waals surface area contributed by atoms with Crippen molar-refractivity contribution >= 4 is 17.7 Å². The van der Waals surface area contributed by atoms with Crippen LogP contribution in [0.3, 0.4) is 0 Å². The average molecular weight is 326 g/mol. The molecule has 0 spiro atoms. The van der Waals surface area contributed by atoms with Crippen molar-refractivity contribution in [3.63, 3.8) is 0 Å². The molecule has 1 aromatic rings. The van der Waals surface area contributed by atoms with Crippen LogP contribution in [0.1, 0.15) is 12.8 Å². The molecular formula is C16H23FN2O2S. The van der Waals surface area contributed by atoms with Crippen LogP contribution in [0.5, 0.6) is 5.75 Å². The lowest BCUT2D eigenvalue weighted by atomic mass is 10.2. The minimum absolute atomic E-state index is 0.168. The molecule has 1 fully saturated rings. The van der Waals surface area contributed by atoms with Crippen molar-refractivity contribution in [2.24, 2.45) is 0 Å². The first-order valence-corrected chi connectivity index (χ1v) is 8.74. The Balaban J connectivity index is 1.61. The van der Waals surface area contributed by atoms with Gasteiger partial charge in [0.05, 0.1) is 6.61 Å². The topological polar surface area (TPSA) is 41.6 Å². The number of halogens is 1. The predicted molar refractivity (Wildman–Crippen MR) is 87.9 cm³/mol. The molecule has 4 nitrogen and oxygen atoms in total. The first-order valence-electron chi connectivity index (χ1n) is 7.58. The molecule has 1 N–H and O–H groups in total. The fourth-order valence-corrected chi connectivity index (χ4v) is 3.21. The lowest BCUT2D eigenvalue weighted by Gasteiger charge is -2.25. The molecular weight excluding hydrogens is 303 g/mol. The molecule has 2 rings (SSSR count). The van der Waals surface area contributed by atoms with Gasteiger partial charge in [0.15, 0.2) is 0 Å². The minimum Gasteiger partial charge on any atom is -0.494 e. The molecule has 1 aromatic carbocycles. The first-order chi connectivity index (χ1) is 10.6. The molecule has 1 unspecified atom stereocenters. The van der Waals surface area contributed by atoms with Gasteiger partial charge in [-0.3, -0.25) is 4.79 Å². The van der Waals surface area contributed by atoms with Crippen LogP contribution >= 0.6 is 11.8 Å². The molecule has 0 aromatic heterocycles. The standard InChI is InChI=1S/C16H23FN2O2S/c1-19(16(20)11-14-12-22-10-7-18-14)8-2-9-21-15-5-3-13(17)4-6-15/h3-6,14,18H,2,7-12H2,1H3. The van der Waals surface area contributed by atoms with E-state index in [4.69, 9.17) is 4.74 Å². The van der Waals surface area contributed by atoms with Crippen LogP contribution in [0.4, 0.5) is 4.39 Å². The van der Waals surface area contributed by atoms with Gasteiger partial charge in [-0.25, -0.2) is 4.39 Å². The Bertz CT molecular complexity index is 464. The number of rotatable bonds is 7. The van der Waals surface area contributed by atoms with Gasteiger partial charge in [0.25, 0.3) is 0 Å². The third kappa shape index (κ3) is 5.85. The SMILES string of the molecule is CN(CCCOc1ccc(F)cc1)C(=O)CC1CSCCN1. The molecule has 6 heteroatoms. The fourth-order valence-electron chi connectivity index (χ4n) is 2.26. The zero-order valence-electron chi connectivity index (χ0n) is 12.9. The highest BCUT2D eigenvalue weighted by Gasteiger charge is 2.18. The fraction of sp³-hybridized carbons (Fsp3) is 0.562. The van der Waals surface area contributed by atoms with Crippen LogP contribution in [-0.2, 0) is 4.79 Å². The summed E-state index contributed by atoms with van der Waals surface area (Å²) in [5, 5.41) is 3.37. The molecule has 122 valence electrons. The van der Waals surface area contributed by atoms with Gasteiger partial charge >= 0.3 is 0 Å². The van der Waals surface area contributed by atoms with E-state index < -0.39 is 0 Å². The van der Waals surface area contributed by atoms with E-state index in [1.54, 1.807) is 17.0 Å². The summed E-state index contributed by atoms with van der Waals surface area (Å²) >= 11 is 1.90. The summed E-state index contributed by atoms with van der Waals surface area (Å²) in [5.41, 5.74) is 0. The van der Waals surface area contributed by atoms with E-state index in [0.717, 1.165) is 24.5 Å². The van der Waals surface area contributed by atoms with Crippen molar-refractivity contribution in [2.75, 3.05) is 38.2 Å². The predicted octanol–water partition coefficient (Wildman–Crippen LogP) is 2.15. The van der Waals surface area contributed by atoms with Gasteiger partial charge in [-0.1, -0.05) is 0 Å². The van der Waals surface area contributed by atoms with Gasteiger partial charge in [0.2, 0.25) is 5.91 Å². The van der Waals surface area contributed by atoms with E-state index in [9.17, 15) is 9.18 Å². The quantitative estimate of drug-likeness (QED) is 0.780. The lowest BCUT2D eigenvalue weighted by molar-refractivity contribution is -0.130. The molecule has 0 bridgehead atoms. The largest absolute Gasteiger partial charge is 0.494 e. The number of benzene rings is 1. The number of hydrogen-bond donors (Lipinski definition) is 1. The summed E-state index contributed by atoms with van der Waals surface area (Å²) in [5.74, 6) is 2.68. The van der Waals surface area contributed by atoms with E-state index in [0.29, 0.717) is 31.4 Å². The van der Waals surface area contributed by atoms with Gasteiger partial charge in [0.1, 0.15) is 11.6 Å². The molecule has 0 aliphatic carbocycles.